The molecule has 3 fully saturated rings. The smallest absolute Gasteiger partial charge is 0.249 e. The van der Waals surface area contributed by atoms with Gasteiger partial charge in [-0.05, 0) is 46.5 Å². The molecule has 196 valence electrons. The van der Waals surface area contributed by atoms with Crippen molar-refractivity contribution in [3.63, 3.8) is 0 Å². The van der Waals surface area contributed by atoms with E-state index in [1.807, 2.05) is 34.6 Å². The first-order valence-corrected chi connectivity index (χ1v) is 12.8. The second-order valence-corrected chi connectivity index (χ2v) is 11.2. The van der Waals surface area contributed by atoms with Gasteiger partial charge in [0.1, 0.15) is 11.6 Å². The van der Waals surface area contributed by atoms with Gasteiger partial charge in [0.05, 0.1) is 30.1 Å². The van der Waals surface area contributed by atoms with Crippen molar-refractivity contribution < 1.29 is 24.2 Å². The maximum Gasteiger partial charge on any atom is 0.249 e. The molecule has 0 aliphatic carbocycles. The molecule has 2 bridgehead atoms. The van der Waals surface area contributed by atoms with Crippen LogP contribution in [0.3, 0.4) is 0 Å². The predicted molar refractivity (Wildman–Crippen MR) is 134 cm³/mol. The Hall–Kier alpha value is -2.19. The molecule has 8 heteroatoms. The third-order valence-electron chi connectivity index (χ3n) is 8.36. The average Bonchev–Trinajstić information content (AvgIpc) is 3.41. The molecule has 8 nitrogen and oxygen atoms in total. The molecule has 3 amide bonds. The molecule has 3 rings (SSSR count). The number of nitrogens with zero attached hydrogens (tertiary/aromatic N) is 3. The number of rotatable bonds is 10. The van der Waals surface area contributed by atoms with Gasteiger partial charge in [-0.15, -0.1) is 13.2 Å². The quantitative estimate of drug-likeness (QED) is 0.476. The van der Waals surface area contributed by atoms with E-state index >= 15 is 0 Å². The molecule has 6 atom stereocenters. The van der Waals surface area contributed by atoms with E-state index in [4.69, 9.17) is 4.74 Å². The van der Waals surface area contributed by atoms with Gasteiger partial charge in [-0.25, -0.2) is 0 Å². The van der Waals surface area contributed by atoms with Crippen LogP contribution in [0.15, 0.2) is 25.3 Å². The Morgan fingerprint density at radius 2 is 1.83 bits per heavy atom. The number of hydrogen-bond donors (Lipinski definition) is 1. The molecular formula is C27H43N3O5. The number of carbonyl (C=O) groups excluding carboxylic acids is 3. The number of aliphatic hydroxyl groups is 1. The van der Waals surface area contributed by atoms with Crippen LogP contribution in [0.5, 0.6) is 0 Å². The molecular weight excluding hydrogens is 446 g/mol. The summed E-state index contributed by atoms with van der Waals surface area (Å²) in [5, 5.41) is 10.2. The summed E-state index contributed by atoms with van der Waals surface area (Å²) in [6, 6.07) is -1.45. The highest BCUT2D eigenvalue weighted by atomic mass is 16.5. The summed E-state index contributed by atoms with van der Waals surface area (Å²) in [4.78, 5) is 47.1. The molecule has 3 aliphatic rings. The number of carbonyl (C=O) groups is 3. The first-order chi connectivity index (χ1) is 16.4. The van der Waals surface area contributed by atoms with Gasteiger partial charge in [0.2, 0.25) is 17.7 Å². The summed E-state index contributed by atoms with van der Waals surface area (Å²) in [7, 11) is 1.71. The molecule has 3 aliphatic heterocycles. The number of likely N-dealkylation sites (tertiary alicyclic amines) is 1. The SMILES string of the molecule is C=CCN(C)C(=O)[C@H]1[C@H]2C(=O)N([C@@H](CC)CO)C(C(=O)N(CC=C)C(C)(C)C)C23CC[C@]1(CC)O3. The van der Waals surface area contributed by atoms with E-state index in [1.165, 1.54) is 0 Å². The minimum Gasteiger partial charge on any atom is -0.394 e. The second-order valence-electron chi connectivity index (χ2n) is 11.2. The summed E-state index contributed by atoms with van der Waals surface area (Å²) in [5.74, 6) is -2.10. The maximum absolute atomic E-state index is 14.3. The first kappa shape index (κ1) is 27.4. The minimum atomic E-state index is -1.10. The predicted octanol–water partition coefficient (Wildman–Crippen LogP) is 2.37. The highest BCUT2D eigenvalue weighted by Crippen LogP contribution is 2.65. The van der Waals surface area contributed by atoms with E-state index in [1.54, 1.807) is 33.9 Å². The molecule has 1 N–H and O–H groups in total. The van der Waals surface area contributed by atoms with Crippen LogP contribution in [0.4, 0.5) is 0 Å². The van der Waals surface area contributed by atoms with E-state index in [2.05, 4.69) is 13.2 Å². The normalized spacial score (nSPS) is 32.4. The van der Waals surface area contributed by atoms with Crippen LogP contribution in [-0.2, 0) is 19.1 Å². The molecule has 0 radical (unpaired) electrons. The molecule has 0 aromatic carbocycles. The van der Waals surface area contributed by atoms with Crippen molar-refractivity contribution in [3.05, 3.63) is 25.3 Å². The van der Waals surface area contributed by atoms with Crippen molar-refractivity contribution in [2.24, 2.45) is 11.8 Å². The van der Waals surface area contributed by atoms with Gasteiger partial charge >= 0.3 is 0 Å². The Bertz CT molecular complexity index is 879. The third kappa shape index (κ3) is 4.02. The third-order valence-corrected chi connectivity index (χ3v) is 8.36. The summed E-state index contributed by atoms with van der Waals surface area (Å²) in [6.45, 7) is 17.7. The fourth-order valence-corrected chi connectivity index (χ4v) is 6.61. The fraction of sp³-hybridized carbons (Fsp3) is 0.741. The number of amides is 3. The Labute approximate surface area is 210 Å². The Morgan fingerprint density at radius 1 is 1.20 bits per heavy atom. The molecule has 0 aromatic rings. The van der Waals surface area contributed by atoms with Crippen LogP contribution in [0.25, 0.3) is 0 Å². The van der Waals surface area contributed by atoms with Gasteiger partial charge in [-0.2, -0.15) is 0 Å². The zero-order valence-electron chi connectivity index (χ0n) is 22.2. The van der Waals surface area contributed by atoms with Gasteiger partial charge in [-0.3, -0.25) is 14.4 Å². The van der Waals surface area contributed by atoms with Crippen LogP contribution in [0.2, 0.25) is 0 Å². The lowest BCUT2D eigenvalue weighted by molar-refractivity contribution is -0.160. The maximum atomic E-state index is 14.3. The molecule has 3 heterocycles. The zero-order chi connectivity index (χ0) is 26.3. The minimum absolute atomic E-state index is 0.157. The van der Waals surface area contributed by atoms with Crippen molar-refractivity contribution in [1.82, 2.24) is 14.7 Å². The van der Waals surface area contributed by atoms with Crippen LogP contribution in [-0.4, -0.2) is 93.1 Å². The fourth-order valence-electron chi connectivity index (χ4n) is 6.61. The number of aliphatic hydroxyl groups excluding tert-OH is 1. The number of likely N-dealkylation sites (N-methyl/N-ethyl adjacent to an activating group) is 1. The zero-order valence-corrected chi connectivity index (χ0v) is 22.2. The molecule has 3 saturated heterocycles. The topological polar surface area (TPSA) is 90.4 Å². The van der Waals surface area contributed by atoms with Crippen molar-refractivity contribution in [2.75, 3.05) is 26.7 Å². The molecule has 2 unspecified atom stereocenters. The second kappa shape index (κ2) is 9.69. The van der Waals surface area contributed by atoms with Crippen molar-refractivity contribution >= 4 is 17.7 Å². The average molecular weight is 490 g/mol. The van der Waals surface area contributed by atoms with Gasteiger partial charge in [0.25, 0.3) is 0 Å². The van der Waals surface area contributed by atoms with Crippen LogP contribution >= 0.6 is 0 Å². The van der Waals surface area contributed by atoms with Gasteiger partial charge in [-0.1, -0.05) is 26.0 Å². The Kier molecular flexibility index (Phi) is 7.59. The monoisotopic (exact) mass is 489 g/mol. The summed E-state index contributed by atoms with van der Waals surface area (Å²) in [5.41, 5.74) is -2.41. The summed E-state index contributed by atoms with van der Waals surface area (Å²) >= 11 is 0. The number of hydrogen-bond acceptors (Lipinski definition) is 5. The van der Waals surface area contributed by atoms with Crippen LogP contribution < -0.4 is 0 Å². The van der Waals surface area contributed by atoms with Gasteiger partial charge in [0, 0.05) is 25.7 Å². The van der Waals surface area contributed by atoms with E-state index in [0.29, 0.717) is 38.8 Å². The standard InChI is InChI=1S/C27H43N3O5/c1-9-15-28(8)22(32)19-20-23(33)30(18(11-3)17-31)21(24(34)29(16-10-2)25(5,6)7)27(20)14-13-26(19,12-4)35-27/h9-10,18-21,31H,1-2,11-17H2,3-8H3/t18-,19+,20-,21?,26-,27?/m0/s1. The lowest BCUT2D eigenvalue weighted by Gasteiger charge is -2.43. The lowest BCUT2D eigenvalue weighted by atomic mass is 9.64. The summed E-state index contributed by atoms with van der Waals surface area (Å²) in [6.07, 6.45) is 5.53. The highest BCUT2D eigenvalue weighted by Gasteiger charge is 2.79. The van der Waals surface area contributed by atoms with Crippen molar-refractivity contribution in [3.8, 4) is 0 Å². The lowest BCUT2D eigenvalue weighted by Crippen LogP contribution is -2.61. The molecule has 0 saturated carbocycles. The summed E-state index contributed by atoms with van der Waals surface area (Å²) < 4.78 is 6.81. The van der Waals surface area contributed by atoms with Gasteiger partial charge in [0.15, 0.2) is 0 Å². The molecule has 35 heavy (non-hydrogen) atoms. The van der Waals surface area contributed by atoms with E-state index in [9.17, 15) is 19.5 Å². The van der Waals surface area contributed by atoms with Crippen molar-refractivity contribution in [2.45, 2.75) is 89.1 Å². The van der Waals surface area contributed by atoms with Gasteiger partial charge < -0.3 is 24.5 Å². The molecule has 1 spiro atoms. The Balaban J connectivity index is 2.19. The highest BCUT2D eigenvalue weighted by molar-refractivity contribution is 5.99. The number of ether oxygens (including phenoxy) is 1. The number of fused-ring (bicyclic) bond motifs is 1. The largest absolute Gasteiger partial charge is 0.394 e. The van der Waals surface area contributed by atoms with Crippen LogP contribution in [0, 0.1) is 11.8 Å². The van der Waals surface area contributed by atoms with E-state index in [-0.39, 0.29) is 24.3 Å². The first-order valence-electron chi connectivity index (χ1n) is 12.8. The van der Waals surface area contributed by atoms with Crippen molar-refractivity contribution in [1.29, 1.82) is 0 Å². The van der Waals surface area contributed by atoms with E-state index in [0.717, 1.165) is 0 Å². The van der Waals surface area contributed by atoms with E-state index < -0.39 is 40.7 Å². The molecule has 0 aromatic heterocycles. The Morgan fingerprint density at radius 3 is 2.31 bits per heavy atom. The van der Waals surface area contributed by atoms with Crippen LogP contribution in [0.1, 0.15) is 60.3 Å².